The summed E-state index contributed by atoms with van der Waals surface area (Å²) in [4.78, 5) is 17.8. The van der Waals surface area contributed by atoms with Crippen LogP contribution >= 0.6 is 0 Å². The number of aliphatic hydroxyl groups excluding tert-OH is 1. The largest absolute Gasteiger partial charge is 0.393 e. The normalized spacial score (nSPS) is 21.9. The van der Waals surface area contributed by atoms with Crippen molar-refractivity contribution in [2.45, 2.75) is 83.3 Å². The van der Waals surface area contributed by atoms with Crippen LogP contribution in [0.5, 0.6) is 0 Å². The number of nitrogens with one attached hydrogen (secondary N) is 2. The van der Waals surface area contributed by atoms with Crippen LogP contribution in [0.25, 0.3) is 22.2 Å². The maximum atomic E-state index is 13.3. The number of carbonyl (C=O) groups excluding carboxylic acids is 1. The Kier molecular flexibility index (Phi) is 8.47. The van der Waals surface area contributed by atoms with Gasteiger partial charge in [-0.25, -0.2) is 0 Å². The average Bonchev–Trinajstić information content (AvgIpc) is 3.77. The molecule has 0 radical (unpaired) electrons. The zero-order valence-electron chi connectivity index (χ0n) is 24.1. The molecule has 4 aromatic rings. The second kappa shape index (κ2) is 12.6. The van der Waals surface area contributed by atoms with Gasteiger partial charge in [-0.2, -0.15) is 5.10 Å². The van der Waals surface area contributed by atoms with Crippen LogP contribution in [0.3, 0.4) is 0 Å². The van der Waals surface area contributed by atoms with Crippen LogP contribution < -0.4 is 5.32 Å². The maximum absolute atomic E-state index is 13.3. The number of benzene rings is 2. The van der Waals surface area contributed by atoms with Crippen LogP contribution in [-0.2, 0) is 6.42 Å². The number of aromatic amines is 1. The van der Waals surface area contributed by atoms with E-state index >= 15 is 0 Å². The van der Waals surface area contributed by atoms with Crippen molar-refractivity contribution in [3.8, 4) is 11.3 Å². The molecule has 4 unspecified atom stereocenters. The number of nitrogens with zero attached hydrogens (tertiary/aromatic N) is 2. The standard InChI is InChI=1S/C35H42N4O2/c1-23-9-10-25(21-29(40)20-23)7-3-2-6-24-11-13-26(14-12-24)33-30-22-28(17-18-31(30)38-39-33)35(41)37-34(27-15-16-27)32-8-4-5-19-36-32/h4-5,8,11-14,17-19,22-23,25,27,29,34,40H,2-3,6-7,9-10,15-16,20-21H2,1H3,(H,37,41)(H,38,39). The summed E-state index contributed by atoms with van der Waals surface area (Å²) in [5.41, 5.74) is 5.72. The Hall–Kier alpha value is -3.51. The monoisotopic (exact) mass is 550 g/mol. The number of unbranched alkanes of at least 4 members (excludes halogenated alkanes) is 1. The molecule has 3 N–H and O–H groups in total. The highest BCUT2D eigenvalue weighted by Crippen LogP contribution is 2.40. The number of pyridine rings is 1. The maximum Gasteiger partial charge on any atom is 0.251 e. The van der Waals surface area contributed by atoms with Crippen LogP contribution in [0.15, 0.2) is 66.9 Å². The van der Waals surface area contributed by atoms with Crippen LogP contribution in [0.2, 0.25) is 0 Å². The lowest BCUT2D eigenvalue weighted by atomic mass is 9.92. The lowest BCUT2D eigenvalue weighted by Gasteiger charge is -2.18. The van der Waals surface area contributed by atoms with Crippen molar-refractivity contribution >= 4 is 16.8 Å². The quantitative estimate of drug-likeness (QED) is 0.142. The fraction of sp³-hybridized carbons (Fsp3) is 0.457. The molecule has 41 heavy (non-hydrogen) atoms. The summed E-state index contributed by atoms with van der Waals surface area (Å²) >= 11 is 0. The number of aromatic nitrogens is 3. The SMILES string of the molecule is CC1CCC(CCCCc2ccc(-c3n[nH]c4ccc(C(=O)NC(c5ccccn5)C5CC5)cc34)cc2)CC(O)C1. The van der Waals surface area contributed by atoms with Gasteiger partial charge in [0.1, 0.15) is 0 Å². The van der Waals surface area contributed by atoms with Gasteiger partial charge in [-0.3, -0.25) is 14.9 Å². The number of aliphatic hydroxyl groups is 1. The number of H-pyrrole nitrogens is 1. The highest BCUT2D eigenvalue weighted by atomic mass is 16.3. The summed E-state index contributed by atoms with van der Waals surface area (Å²) < 4.78 is 0. The van der Waals surface area contributed by atoms with Crippen molar-refractivity contribution in [1.29, 1.82) is 0 Å². The summed E-state index contributed by atoms with van der Waals surface area (Å²) in [6.45, 7) is 2.27. The first-order valence-electron chi connectivity index (χ1n) is 15.5. The van der Waals surface area contributed by atoms with Crippen molar-refractivity contribution in [3.63, 3.8) is 0 Å². The van der Waals surface area contributed by atoms with Gasteiger partial charge < -0.3 is 10.4 Å². The Labute approximate surface area is 243 Å². The number of fused-ring (bicyclic) bond motifs is 1. The molecule has 2 aliphatic rings. The zero-order chi connectivity index (χ0) is 28.2. The molecule has 2 aromatic carbocycles. The summed E-state index contributed by atoms with van der Waals surface area (Å²) in [6, 6.07) is 20.3. The number of hydrogen-bond acceptors (Lipinski definition) is 4. The van der Waals surface area contributed by atoms with Crippen molar-refractivity contribution in [2.75, 3.05) is 0 Å². The van der Waals surface area contributed by atoms with E-state index in [0.717, 1.165) is 60.0 Å². The molecular formula is C35H42N4O2. The van der Waals surface area contributed by atoms with Crippen molar-refractivity contribution in [2.24, 2.45) is 17.8 Å². The summed E-state index contributed by atoms with van der Waals surface area (Å²) in [6.07, 6.45) is 13.0. The van der Waals surface area contributed by atoms with E-state index in [1.54, 1.807) is 6.20 Å². The second-order valence-corrected chi connectivity index (χ2v) is 12.5. The Morgan fingerprint density at radius 3 is 2.66 bits per heavy atom. The minimum Gasteiger partial charge on any atom is -0.393 e. The molecule has 0 saturated heterocycles. The van der Waals surface area contributed by atoms with E-state index in [1.807, 2.05) is 36.4 Å². The molecule has 214 valence electrons. The van der Waals surface area contributed by atoms with Gasteiger partial charge in [0.15, 0.2) is 0 Å². The fourth-order valence-corrected chi connectivity index (χ4v) is 6.58. The molecule has 0 spiro atoms. The first-order valence-corrected chi connectivity index (χ1v) is 15.5. The summed E-state index contributed by atoms with van der Waals surface area (Å²) in [5.74, 6) is 1.70. The smallest absolute Gasteiger partial charge is 0.251 e. The average molecular weight is 551 g/mol. The summed E-state index contributed by atoms with van der Waals surface area (Å²) in [5, 5.41) is 22.2. The Morgan fingerprint density at radius 1 is 1.02 bits per heavy atom. The lowest BCUT2D eigenvalue weighted by molar-refractivity contribution is 0.0930. The Bertz CT molecular complexity index is 1440. The predicted octanol–water partition coefficient (Wildman–Crippen LogP) is 7.41. The van der Waals surface area contributed by atoms with Gasteiger partial charge in [0, 0.05) is 22.7 Å². The van der Waals surface area contributed by atoms with Gasteiger partial charge in [-0.15, -0.1) is 0 Å². The Morgan fingerprint density at radius 2 is 1.88 bits per heavy atom. The molecule has 0 aliphatic heterocycles. The zero-order valence-corrected chi connectivity index (χ0v) is 24.1. The van der Waals surface area contributed by atoms with Crippen molar-refractivity contribution < 1.29 is 9.90 Å². The topological polar surface area (TPSA) is 90.9 Å². The second-order valence-electron chi connectivity index (χ2n) is 12.5. The third-order valence-electron chi connectivity index (χ3n) is 9.11. The van der Waals surface area contributed by atoms with Crippen LogP contribution in [-0.4, -0.2) is 32.3 Å². The fourth-order valence-electron chi connectivity index (χ4n) is 6.58. The molecule has 2 aliphatic carbocycles. The number of aryl methyl sites for hydroxylation is 1. The molecule has 2 fully saturated rings. The molecule has 2 heterocycles. The summed E-state index contributed by atoms with van der Waals surface area (Å²) in [7, 11) is 0. The van der Waals surface area contributed by atoms with E-state index in [2.05, 4.69) is 51.7 Å². The molecule has 6 rings (SSSR count). The highest BCUT2D eigenvalue weighted by molar-refractivity contribution is 6.01. The number of hydrogen-bond donors (Lipinski definition) is 3. The minimum atomic E-state index is -0.111. The van der Waals surface area contributed by atoms with Gasteiger partial charge in [0.2, 0.25) is 0 Å². The van der Waals surface area contributed by atoms with E-state index in [9.17, 15) is 9.90 Å². The molecule has 1 amide bonds. The van der Waals surface area contributed by atoms with E-state index in [-0.39, 0.29) is 18.1 Å². The van der Waals surface area contributed by atoms with Crippen LogP contribution in [0, 0.1) is 17.8 Å². The molecule has 6 nitrogen and oxygen atoms in total. The Balaban J connectivity index is 1.08. The highest BCUT2D eigenvalue weighted by Gasteiger charge is 2.34. The molecule has 2 saturated carbocycles. The molecule has 0 bridgehead atoms. The number of carbonyl (C=O) groups is 1. The van der Waals surface area contributed by atoms with E-state index in [1.165, 1.54) is 37.7 Å². The minimum absolute atomic E-state index is 0.0572. The van der Waals surface area contributed by atoms with Gasteiger partial charge in [-0.1, -0.05) is 62.9 Å². The van der Waals surface area contributed by atoms with E-state index < -0.39 is 0 Å². The van der Waals surface area contributed by atoms with Gasteiger partial charge >= 0.3 is 0 Å². The van der Waals surface area contributed by atoms with Crippen molar-refractivity contribution in [1.82, 2.24) is 20.5 Å². The molecular weight excluding hydrogens is 508 g/mol. The van der Waals surface area contributed by atoms with Crippen molar-refractivity contribution in [3.05, 3.63) is 83.7 Å². The molecule has 2 aromatic heterocycles. The lowest BCUT2D eigenvalue weighted by Crippen LogP contribution is -2.30. The van der Waals surface area contributed by atoms with E-state index in [0.29, 0.717) is 23.3 Å². The van der Waals surface area contributed by atoms with Crippen LogP contribution in [0.1, 0.15) is 92.4 Å². The molecule has 4 atom stereocenters. The first-order chi connectivity index (χ1) is 20.0. The third kappa shape index (κ3) is 6.87. The third-order valence-corrected chi connectivity index (χ3v) is 9.11. The number of rotatable bonds is 10. The van der Waals surface area contributed by atoms with E-state index in [4.69, 9.17) is 0 Å². The van der Waals surface area contributed by atoms with Gasteiger partial charge in [0.05, 0.1) is 29.1 Å². The van der Waals surface area contributed by atoms with Gasteiger partial charge in [-0.05, 0) is 92.2 Å². The first kappa shape index (κ1) is 27.6. The van der Waals surface area contributed by atoms with Gasteiger partial charge in [0.25, 0.3) is 5.91 Å². The van der Waals surface area contributed by atoms with Crippen LogP contribution in [0.4, 0.5) is 0 Å². The predicted molar refractivity (Wildman–Crippen MR) is 163 cm³/mol. The number of amides is 1. The molecule has 6 heteroatoms.